The summed E-state index contributed by atoms with van der Waals surface area (Å²) in [5.41, 5.74) is 0.721. The Morgan fingerprint density at radius 2 is 2.06 bits per heavy atom. The fourth-order valence-electron chi connectivity index (χ4n) is 2.97. The lowest BCUT2D eigenvalue weighted by atomic mass is 9.86. The largest absolute Gasteiger partial charge is 0.385 e. The molecule has 1 aromatic rings. The maximum absolute atomic E-state index is 10.8. The van der Waals surface area contributed by atoms with E-state index in [1.807, 2.05) is 13.1 Å². The third-order valence-corrected chi connectivity index (χ3v) is 4.52. The molecule has 1 N–H and O–H groups in total. The molecule has 1 aliphatic heterocycles. The Kier molecular flexibility index (Phi) is 4.07. The van der Waals surface area contributed by atoms with Crippen LogP contribution in [0.1, 0.15) is 51.3 Å². The van der Waals surface area contributed by atoms with Crippen LogP contribution in [0, 0.1) is 0 Å². The first-order chi connectivity index (χ1) is 8.59. The third-order valence-electron chi connectivity index (χ3n) is 4.52. The number of hydrogen-bond acceptors (Lipinski definition) is 3. The van der Waals surface area contributed by atoms with Crippen molar-refractivity contribution in [1.29, 1.82) is 0 Å². The average molecular weight is 251 g/mol. The van der Waals surface area contributed by atoms with E-state index in [0.29, 0.717) is 0 Å². The van der Waals surface area contributed by atoms with Gasteiger partial charge in [0, 0.05) is 18.8 Å². The Labute approximate surface area is 110 Å². The molecule has 18 heavy (non-hydrogen) atoms. The number of aromatic nitrogens is 2. The molecule has 4 heteroatoms. The molecule has 0 saturated carbocycles. The molecule has 1 aromatic heterocycles. The molecule has 0 aliphatic carbocycles. The fraction of sp³-hybridized carbons (Fsp3) is 0.786. The van der Waals surface area contributed by atoms with E-state index in [0.717, 1.165) is 25.2 Å². The van der Waals surface area contributed by atoms with E-state index in [-0.39, 0.29) is 5.54 Å². The maximum atomic E-state index is 10.8. The van der Waals surface area contributed by atoms with Crippen molar-refractivity contribution in [3.63, 3.8) is 0 Å². The Hall–Kier alpha value is -0.870. The molecule has 2 heterocycles. The molecule has 0 spiro atoms. The highest BCUT2D eigenvalue weighted by Gasteiger charge is 2.39. The molecule has 2 atom stereocenters. The number of aliphatic hydroxyl groups is 1. The van der Waals surface area contributed by atoms with Gasteiger partial charge < -0.3 is 5.11 Å². The zero-order valence-corrected chi connectivity index (χ0v) is 11.8. The number of hydrogen-bond donors (Lipinski definition) is 1. The summed E-state index contributed by atoms with van der Waals surface area (Å²) < 4.78 is 1.78. The van der Waals surface area contributed by atoms with Crippen molar-refractivity contribution in [3.8, 4) is 0 Å². The zero-order chi connectivity index (χ0) is 13.2. The van der Waals surface area contributed by atoms with Gasteiger partial charge in [0.25, 0.3) is 0 Å². The maximum Gasteiger partial charge on any atom is 0.114 e. The predicted octanol–water partition coefficient (Wildman–Crippen LogP) is 2.11. The predicted molar refractivity (Wildman–Crippen MR) is 72.3 cm³/mol. The number of aryl methyl sites for hydroxylation is 1. The minimum absolute atomic E-state index is 0.186. The minimum atomic E-state index is -0.479. The van der Waals surface area contributed by atoms with Gasteiger partial charge in [0.2, 0.25) is 0 Å². The lowest BCUT2D eigenvalue weighted by molar-refractivity contribution is -0.0388. The van der Waals surface area contributed by atoms with Crippen molar-refractivity contribution in [1.82, 2.24) is 14.7 Å². The molecular formula is C14H25N3O. The highest BCUT2D eigenvalue weighted by molar-refractivity contribution is 5.11. The first-order valence-electron chi connectivity index (χ1n) is 7.00. The summed E-state index contributed by atoms with van der Waals surface area (Å²) in [6.07, 6.45) is 6.03. The summed E-state index contributed by atoms with van der Waals surface area (Å²) in [5.74, 6) is 0. The van der Waals surface area contributed by atoms with Crippen LogP contribution in [-0.4, -0.2) is 38.4 Å². The quantitative estimate of drug-likeness (QED) is 0.891. The van der Waals surface area contributed by atoms with E-state index in [2.05, 4.69) is 23.8 Å². The van der Waals surface area contributed by atoms with Crippen LogP contribution in [0.25, 0.3) is 0 Å². The molecule has 1 saturated heterocycles. The Balaban J connectivity index is 2.22. The van der Waals surface area contributed by atoms with Gasteiger partial charge in [-0.1, -0.05) is 13.3 Å². The van der Waals surface area contributed by atoms with Crippen LogP contribution in [0.4, 0.5) is 0 Å². The van der Waals surface area contributed by atoms with Crippen LogP contribution >= 0.6 is 0 Å². The normalized spacial score (nSPS) is 22.7. The molecule has 1 aliphatic rings. The number of nitrogens with zero attached hydrogens (tertiary/aromatic N) is 3. The first kappa shape index (κ1) is 13.6. The van der Waals surface area contributed by atoms with Gasteiger partial charge in [-0.2, -0.15) is 5.10 Å². The summed E-state index contributed by atoms with van der Waals surface area (Å²) in [6.45, 7) is 6.53. The van der Waals surface area contributed by atoms with Gasteiger partial charge in [0.1, 0.15) is 6.10 Å². The van der Waals surface area contributed by atoms with Crippen molar-refractivity contribution in [3.05, 3.63) is 18.0 Å². The SMILES string of the molecule is CCC(C)(C(O)c1ccnn1C)N1CCCCC1. The molecule has 2 rings (SSSR count). The highest BCUT2D eigenvalue weighted by Crippen LogP contribution is 2.35. The van der Waals surface area contributed by atoms with Gasteiger partial charge >= 0.3 is 0 Å². The van der Waals surface area contributed by atoms with Gasteiger partial charge in [-0.05, 0) is 45.3 Å². The van der Waals surface area contributed by atoms with Crippen LogP contribution in [-0.2, 0) is 7.05 Å². The fourth-order valence-corrected chi connectivity index (χ4v) is 2.97. The van der Waals surface area contributed by atoms with Gasteiger partial charge in [-0.3, -0.25) is 9.58 Å². The van der Waals surface area contributed by atoms with Crippen molar-refractivity contribution >= 4 is 0 Å². The average Bonchev–Trinajstić information content (AvgIpc) is 2.84. The molecule has 0 aromatic carbocycles. The monoisotopic (exact) mass is 251 g/mol. The van der Waals surface area contributed by atoms with Gasteiger partial charge in [0.05, 0.1) is 5.69 Å². The first-order valence-corrected chi connectivity index (χ1v) is 7.00. The summed E-state index contributed by atoms with van der Waals surface area (Å²) >= 11 is 0. The number of rotatable bonds is 4. The van der Waals surface area contributed by atoms with E-state index >= 15 is 0 Å². The lowest BCUT2D eigenvalue weighted by Crippen LogP contribution is -2.52. The van der Waals surface area contributed by atoms with Gasteiger partial charge in [-0.15, -0.1) is 0 Å². The molecule has 0 amide bonds. The van der Waals surface area contributed by atoms with Crippen LogP contribution in [0.2, 0.25) is 0 Å². The van der Waals surface area contributed by atoms with Gasteiger partial charge in [-0.25, -0.2) is 0 Å². The van der Waals surface area contributed by atoms with Crippen LogP contribution in [0.3, 0.4) is 0 Å². The molecule has 0 bridgehead atoms. The second-order valence-corrected chi connectivity index (χ2v) is 5.54. The molecule has 1 fully saturated rings. The van der Waals surface area contributed by atoms with Crippen molar-refractivity contribution < 1.29 is 5.11 Å². The molecule has 102 valence electrons. The smallest absolute Gasteiger partial charge is 0.114 e. The van der Waals surface area contributed by atoms with E-state index < -0.39 is 6.10 Å². The summed E-state index contributed by atoms with van der Waals surface area (Å²) in [5, 5.41) is 14.9. The van der Waals surface area contributed by atoms with Crippen molar-refractivity contribution in [2.75, 3.05) is 13.1 Å². The highest BCUT2D eigenvalue weighted by atomic mass is 16.3. The van der Waals surface area contributed by atoms with Gasteiger partial charge in [0.15, 0.2) is 0 Å². The van der Waals surface area contributed by atoms with E-state index in [4.69, 9.17) is 0 Å². The number of likely N-dealkylation sites (tertiary alicyclic amines) is 1. The topological polar surface area (TPSA) is 41.3 Å². The van der Waals surface area contributed by atoms with Crippen LogP contribution in [0.5, 0.6) is 0 Å². The van der Waals surface area contributed by atoms with Crippen LogP contribution in [0.15, 0.2) is 12.3 Å². The Bertz CT molecular complexity index is 384. The molecule has 0 radical (unpaired) electrons. The van der Waals surface area contributed by atoms with E-state index in [9.17, 15) is 5.11 Å². The second-order valence-electron chi connectivity index (χ2n) is 5.54. The lowest BCUT2D eigenvalue weighted by Gasteiger charge is -2.45. The third kappa shape index (κ3) is 2.31. The molecule has 2 unspecified atom stereocenters. The van der Waals surface area contributed by atoms with Crippen LogP contribution < -0.4 is 0 Å². The van der Waals surface area contributed by atoms with E-state index in [1.165, 1.54) is 19.3 Å². The number of piperidine rings is 1. The van der Waals surface area contributed by atoms with Crippen molar-refractivity contribution in [2.45, 2.75) is 51.2 Å². The second kappa shape index (κ2) is 5.41. The van der Waals surface area contributed by atoms with Crippen molar-refractivity contribution in [2.24, 2.45) is 7.05 Å². The molecule has 4 nitrogen and oxygen atoms in total. The van der Waals surface area contributed by atoms with E-state index in [1.54, 1.807) is 10.9 Å². The molecular weight excluding hydrogens is 226 g/mol. The standard InChI is InChI=1S/C14H25N3O/c1-4-14(2,17-10-6-5-7-11-17)13(18)12-8-9-15-16(12)3/h8-9,13,18H,4-7,10-11H2,1-3H3. The summed E-state index contributed by atoms with van der Waals surface area (Å²) in [4.78, 5) is 2.45. The minimum Gasteiger partial charge on any atom is -0.385 e. The summed E-state index contributed by atoms with van der Waals surface area (Å²) in [6, 6.07) is 1.92. The Morgan fingerprint density at radius 3 is 2.56 bits per heavy atom. The number of aliphatic hydroxyl groups excluding tert-OH is 1. The summed E-state index contributed by atoms with van der Waals surface area (Å²) in [7, 11) is 1.89. The zero-order valence-electron chi connectivity index (χ0n) is 11.8. The Morgan fingerprint density at radius 1 is 1.39 bits per heavy atom.